The van der Waals surface area contributed by atoms with E-state index in [1.165, 1.54) is 12.1 Å². The molecule has 1 fully saturated rings. The first-order chi connectivity index (χ1) is 9.77. The highest BCUT2D eigenvalue weighted by Gasteiger charge is 2.34. The Bertz CT molecular complexity index is 629. The summed E-state index contributed by atoms with van der Waals surface area (Å²) < 4.78 is 47.3. The fraction of sp³-hybridized carbons (Fsp3) is 0.538. The van der Waals surface area contributed by atoms with Crippen LogP contribution in [0.2, 0.25) is 0 Å². The van der Waals surface area contributed by atoms with Crippen molar-refractivity contribution in [3.63, 3.8) is 0 Å². The molecule has 1 aliphatic heterocycles. The van der Waals surface area contributed by atoms with Gasteiger partial charge in [0.25, 0.3) is 0 Å². The molecule has 2 N–H and O–H groups in total. The van der Waals surface area contributed by atoms with Crippen molar-refractivity contribution in [2.45, 2.75) is 36.8 Å². The van der Waals surface area contributed by atoms with Crippen LogP contribution in [0.1, 0.15) is 25.3 Å². The number of nitrogens with one attached hydrogen (secondary N) is 1. The number of halogens is 2. The largest absolute Gasteiger partial charge is 0.392 e. The minimum absolute atomic E-state index is 0.0677. The van der Waals surface area contributed by atoms with Crippen molar-refractivity contribution in [3.8, 4) is 0 Å². The molecule has 1 saturated heterocycles. The second-order valence-corrected chi connectivity index (χ2v) is 7.88. The maximum Gasteiger partial charge on any atom is 0.244 e. The van der Waals surface area contributed by atoms with Gasteiger partial charge in [-0.3, -0.25) is 0 Å². The molecule has 0 atom stereocenters. The summed E-state index contributed by atoms with van der Waals surface area (Å²) in [5.74, 6) is -0.927. The number of aliphatic hydroxyl groups is 1. The van der Waals surface area contributed by atoms with Crippen LogP contribution in [0.3, 0.4) is 0 Å². The molecule has 0 amide bonds. The van der Waals surface area contributed by atoms with E-state index < -0.39 is 32.9 Å². The zero-order chi connectivity index (χ0) is 15.7. The monoisotopic (exact) mass is 381 g/mol. The summed E-state index contributed by atoms with van der Waals surface area (Å²) in [5.41, 5.74) is -0.729. The lowest BCUT2D eigenvalue weighted by molar-refractivity contribution is 0.0537. The van der Waals surface area contributed by atoms with Gasteiger partial charge in [0.15, 0.2) is 0 Å². The molecule has 0 spiro atoms. The van der Waals surface area contributed by atoms with Crippen LogP contribution >= 0.6 is 15.9 Å². The molecule has 0 aliphatic carbocycles. The third-order valence-electron chi connectivity index (χ3n) is 3.52. The number of rotatable bonds is 4. The molecule has 0 bridgehead atoms. The lowest BCUT2D eigenvalue weighted by Gasteiger charge is -2.34. The van der Waals surface area contributed by atoms with E-state index in [1.54, 1.807) is 6.92 Å². The van der Waals surface area contributed by atoms with Crippen molar-refractivity contribution in [3.05, 3.63) is 28.0 Å². The molecular weight excluding hydrogens is 365 g/mol. The summed E-state index contributed by atoms with van der Waals surface area (Å²) in [5, 5.41) is 9.11. The first-order valence-electron chi connectivity index (χ1n) is 6.48. The van der Waals surface area contributed by atoms with Gasteiger partial charge in [0.2, 0.25) is 10.0 Å². The van der Waals surface area contributed by atoms with Crippen LogP contribution in [0.5, 0.6) is 0 Å². The normalized spacial score (nSPS) is 18.7. The topological polar surface area (TPSA) is 75.6 Å². The summed E-state index contributed by atoms with van der Waals surface area (Å²) in [6, 6.07) is 2.55. The zero-order valence-corrected chi connectivity index (χ0v) is 13.9. The van der Waals surface area contributed by atoms with Gasteiger partial charge < -0.3 is 9.84 Å². The van der Waals surface area contributed by atoms with Crippen LogP contribution in [-0.2, 0) is 21.4 Å². The maximum atomic E-state index is 14.2. The third-order valence-corrected chi connectivity index (χ3v) is 5.61. The van der Waals surface area contributed by atoms with Gasteiger partial charge in [0.05, 0.1) is 6.61 Å². The predicted octanol–water partition coefficient (Wildman–Crippen LogP) is 1.93. The second kappa shape index (κ2) is 6.29. The summed E-state index contributed by atoms with van der Waals surface area (Å²) >= 11 is 3.13. The molecule has 1 heterocycles. The smallest absolute Gasteiger partial charge is 0.244 e. The zero-order valence-electron chi connectivity index (χ0n) is 11.5. The molecule has 0 radical (unpaired) electrons. The van der Waals surface area contributed by atoms with Crippen LogP contribution < -0.4 is 4.72 Å². The number of aliphatic hydroxyl groups excluding tert-OH is 1. The van der Waals surface area contributed by atoms with Gasteiger partial charge >= 0.3 is 0 Å². The Kier molecular flexibility index (Phi) is 5.04. The number of hydrogen-bond acceptors (Lipinski definition) is 4. The minimum atomic E-state index is -4.03. The van der Waals surface area contributed by atoms with Crippen molar-refractivity contribution in [2.75, 3.05) is 13.2 Å². The number of ether oxygens (including phenoxy) is 1. The number of hydrogen-bond donors (Lipinski definition) is 2. The van der Waals surface area contributed by atoms with Crippen LogP contribution in [0, 0.1) is 5.82 Å². The Balaban J connectivity index is 2.38. The van der Waals surface area contributed by atoms with Gasteiger partial charge in [-0.25, -0.2) is 17.5 Å². The first-order valence-corrected chi connectivity index (χ1v) is 8.75. The van der Waals surface area contributed by atoms with Crippen molar-refractivity contribution in [1.29, 1.82) is 0 Å². The minimum Gasteiger partial charge on any atom is -0.392 e. The molecule has 1 aromatic rings. The molecular formula is C13H17BrFNO4S. The highest BCUT2D eigenvalue weighted by Crippen LogP contribution is 2.27. The Labute approximate surface area is 131 Å². The maximum absolute atomic E-state index is 14.2. The van der Waals surface area contributed by atoms with E-state index >= 15 is 0 Å². The first kappa shape index (κ1) is 16.8. The van der Waals surface area contributed by atoms with E-state index in [9.17, 15) is 12.8 Å². The predicted molar refractivity (Wildman–Crippen MR) is 78.8 cm³/mol. The number of benzene rings is 1. The molecule has 5 nitrogen and oxygen atoms in total. The van der Waals surface area contributed by atoms with Gasteiger partial charge in [-0.15, -0.1) is 0 Å². The van der Waals surface area contributed by atoms with Crippen molar-refractivity contribution < 1.29 is 22.7 Å². The Morgan fingerprint density at radius 2 is 2.05 bits per heavy atom. The molecule has 0 unspecified atom stereocenters. The molecule has 21 heavy (non-hydrogen) atoms. The molecule has 1 aliphatic rings. The summed E-state index contributed by atoms with van der Waals surface area (Å²) in [6.07, 6.45) is 1.05. The van der Waals surface area contributed by atoms with Crippen LogP contribution in [0.4, 0.5) is 4.39 Å². The second-order valence-electron chi connectivity index (χ2n) is 5.31. The Morgan fingerprint density at radius 1 is 1.43 bits per heavy atom. The fourth-order valence-electron chi connectivity index (χ4n) is 2.23. The summed E-state index contributed by atoms with van der Waals surface area (Å²) in [4.78, 5) is -0.464. The molecule has 118 valence electrons. The van der Waals surface area contributed by atoms with Crippen molar-refractivity contribution in [2.24, 2.45) is 0 Å². The molecule has 1 aromatic carbocycles. The van der Waals surface area contributed by atoms with E-state index in [-0.39, 0.29) is 5.56 Å². The quantitative estimate of drug-likeness (QED) is 0.835. The van der Waals surface area contributed by atoms with Crippen molar-refractivity contribution in [1.82, 2.24) is 4.72 Å². The SMILES string of the molecule is CC1(NS(=O)(=O)c2cc(Br)cc(CO)c2F)CCOCC1. The number of sulfonamides is 1. The molecule has 0 saturated carbocycles. The summed E-state index contributed by atoms with van der Waals surface area (Å²) in [7, 11) is -4.03. The Hall–Kier alpha value is -0.540. The molecule has 2 rings (SSSR count). The summed E-state index contributed by atoms with van der Waals surface area (Å²) in [6.45, 7) is 2.12. The lowest BCUT2D eigenvalue weighted by Crippen LogP contribution is -2.49. The highest BCUT2D eigenvalue weighted by atomic mass is 79.9. The molecule has 0 aromatic heterocycles. The van der Waals surface area contributed by atoms with E-state index in [0.717, 1.165) is 0 Å². The van der Waals surface area contributed by atoms with Crippen LogP contribution in [-0.4, -0.2) is 32.3 Å². The van der Waals surface area contributed by atoms with Gasteiger partial charge in [0, 0.05) is 28.8 Å². The molecule has 8 heteroatoms. The van der Waals surface area contributed by atoms with E-state index in [0.29, 0.717) is 30.5 Å². The van der Waals surface area contributed by atoms with E-state index in [1.807, 2.05) is 0 Å². The van der Waals surface area contributed by atoms with Gasteiger partial charge in [0.1, 0.15) is 10.7 Å². The van der Waals surface area contributed by atoms with Crippen LogP contribution in [0.15, 0.2) is 21.5 Å². The van der Waals surface area contributed by atoms with Gasteiger partial charge in [-0.1, -0.05) is 15.9 Å². The average molecular weight is 382 g/mol. The average Bonchev–Trinajstić information content (AvgIpc) is 2.40. The van der Waals surface area contributed by atoms with E-state index in [2.05, 4.69) is 20.7 Å². The standard InChI is InChI=1S/C13H17BrFNO4S/c1-13(2-4-20-5-3-13)16-21(18,19)11-7-10(14)6-9(8-17)12(11)15/h6-7,16-17H,2-5,8H2,1H3. The van der Waals surface area contributed by atoms with Crippen LogP contribution in [0.25, 0.3) is 0 Å². The van der Waals surface area contributed by atoms with Gasteiger partial charge in [-0.2, -0.15) is 0 Å². The fourth-order valence-corrected chi connectivity index (χ4v) is 4.50. The lowest BCUT2D eigenvalue weighted by atomic mass is 9.94. The highest BCUT2D eigenvalue weighted by molar-refractivity contribution is 9.10. The van der Waals surface area contributed by atoms with Gasteiger partial charge in [-0.05, 0) is 31.9 Å². The van der Waals surface area contributed by atoms with Crippen molar-refractivity contribution >= 4 is 26.0 Å². The third kappa shape index (κ3) is 3.81. The van der Waals surface area contributed by atoms with E-state index in [4.69, 9.17) is 9.84 Å². The Morgan fingerprint density at radius 3 is 2.62 bits per heavy atom.